The van der Waals surface area contributed by atoms with Crippen LogP contribution in [-0.4, -0.2) is 61.8 Å². The number of hydrogen-bond donors (Lipinski definition) is 1. The second kappa shape index (κ2) is 6.04. The first-order chi connectivity index (χ1) is 10.9. The summed E-state index contributed by atoms with van der Waals surface area (Å²) in [5.74, 6) is 1.45. The highest BCUT2D eigenvalue weighted by molar-refractivity contribution is 8.15. The van der Waals surface area contributed by atoms with Gasteiger partial charge in [0.05, 0.1) is 38.0 Å². The van der Waals surface area contributed by atoms with Crippen LogP contribution in [0.3, 0.4) is 0 Å². The van der Waals surface area contributed by atoms with Gasteiger partial charge in [0.25, 0.3) is 0 Å². The van der Waals surface area contributed by atoms with Crippen molar-refractivity contribution in [2.24, 2.45) is 5.10 Å². The van der Waals surface area contributed by atoms with Gasteiger partial charge in [-0.25, -0.2) is 13.4 Å². The van der Waals surface area contributed by atoms with Crippen molar-refractivity contribution in [3.8, 4) is 11.5 Å². The van der Waals surface area contributed by atoms with Crippen LogP contribution in [0.25, 0.3) is 0 Å². The van der Waals surface area contributed by atoms with Crippen LogP contribution in [0.5, 0.6) is 11.5 Å². The van der Waals surface area contributed by atoms with Gasteiger partial charge in [-0.15, -0.1) is 0 Å². The molecule has 2 fully saturated rings. The Balaban J connectivity index is 1.86. The number of ether oxygens (including phenoxy) is 2. The molecule has 0 radical (unpaired) electrons. The van der Waals surface area contributed by atoms with Gasteiger partial charge in [-0.2, -0.15) is 5.10 Å². The van der Waals surface area contributed by atoms with Gasteiger partial charge in [0.1, 0.15) is 11.5 Å². The molecule has 0 saturated carbocycles. The molecule has 2 aliphatic heterocycles. The standard InChI is InChI=1S/C14H17N3O4S2/c1-20-10-3-4-12(21-2)9(5-10)6-16-17-11-7-23(18,19)8-13(11)22-14(17)15/h3-6,11,13,15H,7-8H2,1-2H3/b15-14?,16-6+. The number of hydrogen-bond acceptors (Lipinski definition) is 7. The Morgan fingerprint density at radius 1 is 1.35 bits per heavy atom. The van der Waals surface area contributed by atoms with E-state index in [1.807, 2.05) is 0 Å². The van der Waals surface area contributed by atoms with Crippen molar-refractivity contribution in [3.05, 3.63) is 23.8 Å². The highest BCUT2D eigenvalue weighted by Gasteiger charge is 2.48. The van der Waals surface area contributed by atoms with Crippen LogP contribution in [-0.2, 0) is 9.84 Å². The second-order valence-electron chi connectivity index (χ2n) is 5.30. The van der Waals surface area contributed by atoms with E-state index in [0.29, 0.717) is 17.1 Å². The van der Waals surface area contributed by atoms with Crippen LogP contribution in [0.2, 0.25) is 0 Å². The van der Waals surface area contributed by atoms with Gasteiger partial charge in [-0.3, -0.25) is 5.41 Å². The lowest BCUT2D eigenvalue weighted by molar-refractivity contribution is 0.375. The topological polar surface area (TPSA) is 92.1 Å². The molecule has 3 rings (SSSR count). The van der Waals surface area contributed by atoms with Crippen LogP contribution < -0.4 is 9.47 Å². The maximum atomic E-state index is 11.8. The van der Waals surface area contributed by atoms with E-state index >= 15 is 0 Å². The molecule has 0 spiro atoms. The summed E-state index contributed by atoms with van der Waals surface area (Å²) < 4.78 is 34.0. The number of amidine groups is 1. The molecule has 2 unspecified atom stereocenters. The number of benzene rings is 1. The molecule has 124 valence electrons. The Hall–Kier alpha value is -1.74. The van der Waals surface area contributed by atoms with Crippen LogP contribution in [0, 0.1) is 5.41 Å². The summed E-state index contributed by atoms with van der Waals surface area (Å²) in [7, 11) is 0.0889. The van der Waals surface area contributed by atoms with Crippen molar-refractivity contribution in [1.29, 1.82) is 5.41 Å². The normalized spacial score (nSPS) is 25.8. The third-order valence-corrected chi connectivity index (χ3v) is 6.94. The fraction of sp³-hybridized carbons (Fsp3) is 0.429. The summed E-state index contributed by atoms with van der Waals surface area (Å²) in [5.41, 5.74) is 0.703. The summed E-state index contributed by atoms with van der Waals surface area (Å²) >= 11 is 1.26. The van der Waals surface area contributed by atoms with Gasteiger partial charge >= 0.3 is 0 Å². The van der Waals surface area contributed by atoms with E-state index < -0.39 is 9.84 Å². The van der Waals surface area contributed by atoms with Crippen LogP contribution in [0.1, 0.15) is 5.56 Å². The monoisotopic (exact) mass is 355 g/mol. The lowest BCUT2D eigenvalue weighted by Gasteiger charge is -2.17. The maximum Gasteiger partial charge on any atom is 0.177 e. The zero-order valence-corrected chi connectivity index (χ0v) is 14.4. The number of thioether (sulfide) groups is 1. The quantitative estimate of drug-likeness (QED) is 0.816. The first kappa shape index (κ1) is 16.1. The lowest BCUT2D eigenvalue weighted by Crippen LogP contribution is -2.32. The van der Waals surface area contributed by atoms with Crippen LogP contribution in [0.15, 0.2) is 23.3 Å². The molecular formula is C14H17N3O4S2. The molecule has 0 bridgehead atoms. The van der Waals surface area contributed by atoms with Crippen molar-refractivity contribution >= 4 is 33.0 Å². The first-order valence-electron chi connectivity index (χ1n) is 6.94. The Kier molecular flexibility index (Phi) is 4.24. The molecule has 2 heterocycles. The lowest BCUT2D eigenvalue weighted by atomic mass is 10.2. The Morgan fingerprint density at radius 2 is 2.13 bits per heavy atom. The average Bonchev–Trinajstić information content (AvgIpc) is 2.95. The van der Waals surface area contributed by atoms with Crippen LogP contribution in [0.4, 0.5) is 0 Å². The molecule has 0 aliphatic carbocycles. The van der Waals surface area contributed by atoms with Crippen molar-refractivity contribution in [2.45, 2.75) is 11.3 Å². The summed E-state index contributed by atoms with van der Waals surface area (Å²) in [6.45, 7) is 0. The minimum absolute atomic E-state index is 0.0413. The molecule has 0 amide bonds. The Bertz CT molecular complexity index is 763. The fourth-order valence-electron chi connectivity index (χ4n) is 2.69. The second-order valence-corrected chi connectivity index (χ2v) is 8.68. The molecule has 7 nitrogen and oxygen atoms in total. The van der Waals surface area contributed by atoms with E-state index in [9.17, 15) is 8.42 Å². The zero-order valence-electron chi connectivity index (χ0n) is 12.7. The molecule has 2 saturated heterocycles. The fourth-order valence-corrected chi connectivity index (χ4v) is 6.40. The first-order valence-corrected chi connectivity index (χ1v) is 9.64. The van der Waals surface area contributed by atoms with Gasteiger partial charge in [-0.1, -0.05) is 11.8 Å². The third kappa shape index (κ3) is 3.16. The van der Waals surface area contributed by atoms with E-state index in [4.69, 9.17) is 14.9 Å². The van der Waals surface area contributed by atoms with Crippen molar-refractivity contribution in [1.82, 2.24) is 5.01 Å². The highest BCUT2D eigenvalue weighted by atomic mass is 32.2. The molecule has 2 atom stereocenters. The predicted molar refractivity (Wildman–Crippen MR) is 90.5 cm³/mol. The molecular weight excluding hydrogens is 338 g/mol. The van der Waals surface area contributed by atoms with E-state index in [1.165, 1.54) is 16.8 Å². The van der Waals surface area contributed by atoms with Crippen molar-refractivity contribution < 1.29 is 17.9 Å². The van der Waals surface area contributed by atoms with Gasteiger partial charge in [0.2, 0.25) is 0 Å². The number of hydrazone groups is 1. The molecule has 9 heteroatoms. The molecule has 1 N–H and O–H groups in total. The molecule has 2 aliphatic rings. The van der Waals surface area contributed by atoms with E-state index in [-0.39, 0.29) is 28.0 Å². The zero-order chi connectivity index (χ0) is 16.6. The van der Waals surface area contributed by atoms with Crippen molar-refractivity contribution in [2.75, 3.05) is 25.7 Å². The summed E-state index contributed by atoms with van der Waals surface area (Å²) in [5, 5.41) is 14.0. The van der Waals surface area contributed by atoms with Gasteiger partial charge in [0.15, 0.2) is 15.0 Å². The number of methoxy groups -OCH3 is 2. The number of nitrogens with zero attached hydrogens (tertiary/aromatic N) is 2. The average molecular weight is 355 g/mol. The van der Waals surface area contributed by atoms with E-state index in [0.717, 1.165) is 0 Å². The Labute approximate surface area is 139 Å². The summed E-state index contributed by atoms with van der Waals surface area (Å²) in [6, 6.07) is 5.06. The summed E-state index contributed by atoms with van der Waals surface area (Å²) in [4.78, 5) is 0. The third-order valence-electron chi connectivity index (χ3n) is 3.82. The highest BCUT2D eigenvalue weighted by Crippen LogP contribution is 2.37. The van der Waals surface area contributed by atoms with E-state index in [1.54, 1.807) is 38.6 Å². The number of fused-ring (bicyclic) bond motifs is 1. The number of rotatable bonds is 4. The maximum absolute atomic E-state index is 11.8. The predicted octanol–water partition coefficient (Wildman–Crippen LogP) is 1.19. The molecule has 1 aromatic rings. The molecule has 1 aromatic carbocycles. The number of sulfone groups is 1. The minimum atomic E-state index is -3.05. The smallest absolute Gasteiger partial charge is 0.177 e. The van der Waals surface area contributed by atoms with Crippen molar-refractivity contribution in [3.63, 3.8) is 0 Å². The van der Waals surface area contributed by atoms with Gasteiger partial charge in [0, 0.05) is 10.8 Å². The van der Waals surface area contributed by atoms with Gasteiger partial charge in [-0.05, 0) is 18.2 Å². The van der Waals surface area contributed by atoms with Crippen LogP contribution >= 0.6 is 11.8 Å². The van der Waals surface area contributed by atoms with E-state index in [2.05, 4.69) is 5.10 Å². The molecule has 23 heavy (non-hydrogen) atoms. The van der Waals surface area contributed by atoms with Gasteiger partial charge < -0.3 is 9.47 Å². The molecule has 0 aromatic heterocycles. The minimum Gasteiger partial charge on any atom is -0.497 e. The summed E-state index contributed by atoms with van der Waals surface area (Å²) in [6.07, 6.45) is 1.57. The SMILES string of the molecule is COc1ccc(OC)c(/C=N/N2C(=N)SC3CS(=O)(=O)CC32)c1. The largest absolute Gasteiger partial charge is 0.497 e. The Morgan fingerprint density at radius 3 is 2.83 bits per heavy atom. The number of nitrogens with one attached hydrogen (secondary N) is 1.